The number of aromatic nitrogens is 1. The lowest BCUT2D eigenvalue weighted by Crippen LogP contribution is -2.30. The molecule has 152 valence electrons. The number of rotatable bonds is 7. The number of aromatic amines is 1. The number of alkyl halides is 3. The second-order valence-corrected chi connectivity index (χ2v) is 6.50. The van der Waals surface area contributed by atoms with E-state index in [1.807, 2.05) is 30.5 Å². The van der Waals surface area contributed by atoms with Crippen LogP contribution in [0.15, 0.2) is 54.7 Å². The van der Waals surface area contributed by atoms with Crippen molar-refractivity contribution in [2.45, 2.75) is 19.0 Å². The summed E-state index contributed by atoms with van der Waals surface area (Å²) in [6.07, 6.45) is -2.34. The highest BCUT2D eigenvalue weighted by atomic mass is 19.4. The first kappa shape index (κ1) is 20.4. The number of benzene rings is 2. The van der Waals surface area contributed by atoms with Gasteiger partial charge in [0.1, 0.15) is 0 Å². The van der Waals surface area contributed by atoms with Gasteiger partial charge in [0.25, 0.3) is 5.91 Å². The summed E-state index contributed by atoms with van der Waals surface area (Å²) in [7, 11) is 0. The van der Waals surface area contributed by atoms with Gasteiger partial charge in [-0.2, -0.15) is 13.2 Å². The molecule has 1 heterocycles. The van der Waals surface area contributed by atoms with E-state index in [1.165, 1.54) is 12.1 Å². The van der Waals surface area contributed by atoms with Crippen LogP contribution in [-0.4, -0.2) is 30.0 Å². The second-order valence-electron chi connectivity index (χ2n) is 6.50. The third-order valence-electron chi connectivity index (χ3n) is 4.36. The van der Waals surface area contributed by atoms with Crippen LogP contribution in [0.3, 0.4) is 0 Å². The van der Waals surface area contributed by atoms with Crippen LogP contribution in [0.25, 0.3) is 10.9 Å². The van der Waals surface area contributed by atoms with Crippen LogP contribution in [0.1, 0.15) is 16.7 Å². The molecule has 5 nitrogen and oxygen atoms in total. The van der Waals surface area contributed by atoms with Crippen molar-refractivity contribution >= 4 is 22.8 Å². The van der Waals surface area contributed by atoms with E-state index in [9.17, 15) is 22.8 Å². The molecule has 8 heteroatoms. The maximum atomic E-state index is 12.7. The fourth-order valence-electron chi connectivity index (χ4n) is 2.95. The number of hydrogen-bond donors (Lipinski definition) is 2. The maximum absolute atomic E-state index is 12.7. The number of para-hydroxylation sites is 1. The summed E-state index contributed by atoms with van der Waals surface area (Å²) in [5.74, 6) is -1.24. The lowest BCUT2D eigenvalue weighted by molar-refractivity contribution is -0.148. The van der Waals surface area contributed by atoms with E-state index < -0.39 is 30.2 Å². The number of hydrogen-bond acceptors (Lipinski definition) is 3. The van der Waals surface area contributed by atoms with E-state index in [4.69, 9.17) is 4.74 Å². The van der Waals surface area contributed by atoms with Gasteiger partial charge in [0.05, 0.1) is 12.0 Å². The van der Waals surface area contributed by atoms with Gasteiger partial charge in [0.15, 0.2) is 6.61 Å². The Balaban J connectivity index is 1.42. The molecule has 0 fully saturated rings. The molecule has 0 spiro atoms. The highest BCUT2D eigenvalue weighted by molar-refractivity contribution is 5.83. The number of esters is 1. The molecular formula is C21H19F3N2O3. The first-order valence-corrected chi connectivity index (χ1v) is 8.96. The second kappa shape index (κ2) is 8.81. The molecule has 2 N–H and O–H groups in total. The number of amides is 1. The normalized spacial score (nSPS) is 11.4. The standard InChI is InChI=1S/C21H19F3N2O3/c22-21(23,24)16-5-3-4-14(10-16)11-20(28)29-13-19(27)25-9-8-15-12-26-18-7-2-1-6-17(15)18/h1-7,10,12,26H,8-9,11,13H2,(H,25,27). The van der Waals surface area contributed by atoms with E-state index in [0.29, 0.717) is 13.0 Å². The van der Waals surface area contributed by atoms with E-state index in [0.717, 1.165) is 28.6 Å². The van der Waals surface area contributed by atoms with Crippen LogP contribution < -0.4 is 5.32 Å². The molecule has 0 radical (unpaired) electrons. The predicted octanol–water partition coefficient (Wildman–Crippen LogP) is 3.63. The van der Waals surface area contributed by atoms with Crippen LogP contribution in [0, 0.1) is 0 Å². The molecule has 0 unspecified atom stereocenters. The molecule has 0 bridgehead atoms. The topological polar surface area (TPSA) is 71.2 Å². The fourth-order valence-corrected chi connectivity index (χ4v) is 2.95. The number of ether oxygens (including phenoxy) is 1. The van der Waals surface area contributed by atoms with E-state index >= 15 is 0 Å². The first-order valence-electron chi connectivity index (χ1n) is 8.96. The third kappa shape index (κ3) is 5.60. The van der Waals surface area contributed by atoms with Gasteiger partial charge in [-0.05, 0) is 29.7 Å². The van der Waals surface area contributed by atoms with Crippen molar-refractivity contribution in [1.82, 2.24) is 10.3 Å². The van der Waals surface area contributed by atoms with Crippen molar-refractivity contribution in [2.24, 2.45) is 0 Å². The largest absolute Gasteiger partial charge is 0.455 e. The van der Waals surface area contributed by atoms with Gasteiger partial charge in [-0.3, -0.25) is 9.59 Å². The minimum absolute atomic E-state index is 0.171. The maximum Gasteiger partial charge on any atom is 0.416 e. The summed E-state index contributed by atoms with van der Waals surface area (Å²) in [6, 6.07) is 12.2. The Kier molecular flexibility index (Phi) is 6.21. The van der Waals surface area contributed by atoms with Crippen LogP contribution in [0.5, 0.6) is 0 Å². The molecule has 3 aromatic rings. The summed E-state index contributed by atoms with van der Waals surface area (Å²) in [6.45, 7) is -0.114. The SMILES string of the molecule is O=C(COC(=O)Cc1cccc(C(F)(F)F)c1)NCCc1c[nH]c2ccccc12. The molecule has 0 aliphatic rings. The molecule has 0 atom stereocenters. The van der Waals surface area contributed by atoms with Gasteiger partial charge >= 0.3 is 12.1 Å². The number of carbonyl (C=O) groups is 2. The van der Waals surface area contributed by atoms with Crippen molar-refractivity contribution in [3.05, 3.63) is 71.4 Å². The molecule has 2 aromatic carbocycles. The summed E-state index contributed by atoms with van der Waals surface area (Å²) in [5.41, 5.74) is 1.40. The minimum Gasteiger partial charge on any atom is -0.455 e. The van der Waals surface area contributed by atoms with Gasteiger partial charge in [-0.25, -0.2) is 0 Å². The van der Waals surface area contributed by atoms with Gasteiger partial charge in [-0.1, -0.05) is 36.4 Å². The van der Waals surface area contributed by atoms with Crippen molar-refractivity contribution < 1.29 is 27.5 Å². The van der Waals surface area contributed by atoms with E-state index in [2.05, 4.69) is 10.3 Å². The Hall–Kier alpha value is -3.29. The summed E-state index contributed by atoms with van der Waals surface area (Å²) < 4.78 is 42.9. The molecule has 0 aliphatic heterocycles. The Labute approximate surface area is 164 Å². The average molecular weight is 404 g/mol. The third-order valence-corrected chi connectivity index (χ3v) is 4.36. The number of halogens is 3. The van der Waals surface area contributed by atoms with Crippen LogP contribution >= 0.6 is 0 Å². The van der Waals surface area contributed by atoms with Gasteiger partial charge in [0.2, 0.25) is 0 Å². The van der Waals surface area contributed by atoms with Crippen LogP contribution in [-0.2, 0) is 33.3 Å². The quantitative estimate of drug-likeness (QED) is 0.591. The monoisotopic (exact) mass is 404 g/mol. The van der Waals surface area contributed by atoms with Gasteiger partial charge in [-0.15, -0.1) is 0 Å². The highest BCUT2D eigenvalue weighted by Gasteiger charge is 2.30. The van der Waals surface area contributed by atoms with Crippen LogP contribution in [0.4, 0.5) is 13.2 Å². The molecule has 3 rings (SSSR count). The van der Waals surface area contributed by atoms with E-state index in [-0.39, 0.29) is 12.0 Å². The summed E-state index contributed by atoms with van der Waals surface area (Å²) >= 11 is 0. The number of carbonyl (C=O) groups excluding carboxylic acids is 2. The van der Waals surface area contributed by atoms with Crippen molar-refractivity contribution in [3.63, 3.8) is 0 Å². The summed E-state index contributed by atoms with van der Waals surface area (Å²) in [4.78, 5) is 26.8. The summed E-state index contributed by atoms with van der Waals surface area (Å²) in [5, 5.41) is 3.73. The fraction of sp³-hybridized carbons (Fsp3) is 0.238. The van der Waals surface area contributed by atoms with E-state index in [1.54, 1.807) is 0 Å². The smallest absolute Gasteiger partial charge is 0.416 e. The Morgan fingerprint density at radius 1 is 1.07 bits per heavy atom. The predicted molar refractivity (Wildman–Crippen MR) is 101 cm³/mol. The molecular weight excluding hydrogens is 385 g/mol. The molecule has 0 saturated carbocycles. The number of nitrogens with one attached hydrogen (secondary N) is 2. The van der Waals surface area contributed by atoms with Crippen molar-refractivity contribution in [3.8, 4) is 0 Å². The van der Waals surface area contributed by atoms with Crippen LogP contribution in [0.2, 0.25) is 0 Å². The average Bonchev–Trinajstić information content (AvgIpc) is 3.09. The molecule has 29 heavy (non-hydrogen) atoms. The number of H-pyrrole nitrogens is 1. The number of fused-ring (bicyclic) bond motifs is 1. The minimum atomic E-state index is -4.48. The van der Waals surface area contributed by atoms with Gasteiger partial charge in [0, 0.05) is 23.6 Å². The zero-order chi connectivity index (χ0) is 20.9. The molecule has 0 saturated heterocycles. The highest BCUT2D eigenvalue weighted by Crippen LogP contribution is 2.29. The zero-order valence-corrected chi connectivity index (χ0v) is 15.4. The van der Waals surface area contributed by atoms with Crippen molar-refractivity contribution in [1.29, 1.82) is 0 Å². The Morgan fingerprint density at radius 3 is 2.66 bits per heavy atom. The lowest BCUT2D eigenvalue weighted by Gasteiger charge is -2.09. The molecule has 1 amide bonds. The lowest BCUT2D eigenvalue weighted by atomic mass is 10.1. The Bertz CT molecular complexity index is 1010. The Morgan fingerprint density at radius 2 is 1.86 bits per heavy atom. The zero-order valence-electron chi connectivity index (χ0n) is 15.4. The molecule has 1 aromatic heterocycles. The molecule has 0 aliphatic carbocycles. The van der Waals surface area contributed by atoms with Crippen molar-refractivity contribution in [2.75, 3.05) is 13.2 Å². The first-order chi connectivity index (χ1) is 13.8. The van der Waals surface area contributed by atoms with Gasteiger partial charge < -0.3 is 15.0 Å².